The minimum atomic E-state index is -2.30. The fourth-order valence-electron chi connectivity index (χ4n) is 4.72. The summed E-state index contributed by atoms with van der Waals surface area (Å²) in [6.07, 6.45) is -1.21. The third-order valence-corrected chi connectivity index (χ3v) is 6.35. The Balaban J connectivity index is 2.96. The minimum absolute atomic E-state index is 0.0155. The van der Waals surface area contributed by atoms with E-state index in [4.69, 9.17) is 5.11 Å². The van der Waals surface area contributed by atoms with E-state index in [2.05, 4.69) is 5.32 Å². The van der Waals surface area contributed by atoms with Gasteiger partial charge in [0.15, 0.2) is 11.8 Å². The lowest BCUT2D eigenvalue weighted by atomic mass is 9.70. The van der Waals surface area contributed by atoms with Crippen LogP contribution in [0.1, 0.15) is 25.3 Å². The third kappa shape index (κ3) is 6.76. The summed E-state index contributed by atoms with van der Waals surface area (Å²) in [6, 6.07) is 4.61. The van der Waals surface area contributed by atoms with Crippen molar-refractivity contribution in [3.63, 3.8) is 0 Å². The molecule has 0 bridgehead atoms. The second-order valence-corrected chi connectivity index (χ2v) is 8.78. The van der Waals surface area contributed by atoms with E-state index >= 15 is 0 Å². The summed E-state index contributed by atoms with van der Waals surface area (Å²) in [4.78, 5) is 60.7. The summed E-state index contributed by atoms with van der Waals surface area (Å²) in [7, 11) is 0. The predicted octanol–water partition coefficient (Wildman–Crippen LogP) is 0.0556. The van der Waals surface area contributed by atoms with Crippen LogP contribution in [0.3, 0.4) is 0 Å². The van der Waals surface area contributed by atoms with Gasteiger partial charge in [0, 0.05) is 49.1 Å². The monoisotopic (exact) mass is 551 g/mol. The van der Waals surface area contributed by atoms with E-state index in [9.17, 15) is 54.8 Å². The first-order chi connectivity index (χ1) is 18.2. The molecule has 1 aliphatic rings. The number of carbonyl (C=O) groups is 4. The molecule has 0 saturated carbocycles. The molecule has 0 saturated heterocycles. The van der Waals surface area contributed by atoms with E-state index < -0.39 is 69.5 Å². The highest BCUT2D eigenvalue weighted by molar-refractivity contribution is 5.99. The zero-order valence-electron chi connectivity index (χ0n) is 21.0. The van der Waals surface area contributed by atoms with E-state index in [-0.39, 0.29) is 43.2 Å². The molecule has 1 aromatic carbocycles. The lowest BCUT2D eigenvalue weighted by Crippen LogP contribution is -2.44. The number of nitrogens with one attached hydrogen (secondary N) is 1. The van der Waals surface area contributed by atoms with Gasteiger partial charge in [-0.2, -0.15) is 0 Å². The number of allylic oxidation sites excluding steroid dienone is 2. The lowest BCUT2D eigenvalue weighted by Gasteiger charge is -2.42. The number of rotatable bonds is 14. The predicted molar refractivity (Wildman–Crippen MR) is 131 cm³/mol. The molecule has 15 nitrogen and oxygen atoms in total. The number of benzene rings is 1. The van der Waals surface area contributed by atoms with Crippen molar-refractivity contribution in [1.29, 1.82) is 0 Å². The Bertz CT molecular complexity index is 1140. The zero-order chi connectivity index (χ0) is 29.6. The minimum Gasteiger partial charge on any atom is -0.480 e. The lowest BCUT2D eigenvalue weighted by molar-refractivity contribution is -0.384. The van der Waals surface area contributed by atoms with Crippen LogP contribution in [-0.4, -0.2) is 96.7 Å². The molecule has 0 aliphatic carbocycles. The Morgan fingerprint density at radius 2 is 1.46 bits per heavy atom. The van der Waals surface area contributed by atoms with Crippen molar-refractivity contribution in [2.75, 3.05) is 26.2 Å². The summed E-state index contributed by atoms with van der Waals surface area (Å²) in [5, 5.41) is 73.2. The first-order valence-corrected chi connectivity index (χ1v) is 11.6. The largest absolute Gasteiger partial charge is 0.480 e. The topological polar surface area (TPSA) is 248 Å². The van der Waals surface area contributed by atoms with Gasteiger partial charge in [-0.15, -0.1) is 0 Å². The number of carboxylic acid groups (broad SMARTS) is 4. The van der Waals surface area contributed by atoms with Gasteiger partial charge < -0.3 is 40.9 Å². The molecule has 1 heterocycles. The Labute approximate surface area is 221 Å². The normalized spacial score (nSPS) is 15.2. The van der Waals surface area contributed by atoms with Crippen molar-refractivity contribution >= 4 is 29.6 Å². The highest BCUT2D eigenvalue weighted by atomic mass is 16.6. The van der Waals surface area contributed by atoms with Crippen molar-refractivity contribution in [2.45, 2.75) is 25.9 Å². The molecule has 1 unspecified atom stereocenters. The van der Waals surface area contributed by atoms with E-state index in [0.717, 1.165) is 12.1 Å². The molecule has 0 amide bonds. The fourth-order valence-corrected chi connectivity index (χ4v) is 4.72. The van der Waals surface area contributed by atoms with E-state index in [1.165, 1.54) is 30.9 Å². The van der Waals surface area contributed by atoms with Gasteiger partial charge in [0.25, 0.3) is 5.69 Å². The Morgan fingerprint density at radius 3 is 1.87 bits per heavy atom. The highest BCUT2D eigenvalue weighted by Crippen LogP contribution is 2.48. The van der Waals surface area contributed by atoms with Gasteiger partial charge in [-0.05, 0) is 30.6 Å². The summed E-state index contributed by atoms with van der Waals surface area (Å²) in [5.74, 6) is -13.5. The van der Waals surface area contributed by atoms with Crippen LogP contribution >= 0.6 is 0 Å². The Hall–Kier alpha value is -4.34. The second kappa shape index (κ2) is 12.9. The van der Waals surface area contributed by atoms with Crippen molar-refractivity contribution in [3.8, 4) is 0 Å². The maximum Gasteiger partial charge on any atom is 0.322 e. The van der Waals surface area contributed by atoms with E-state index in [1.807, 2.05) is 0 Å². The van der Waals surface area contributed by atoms with Gasteiger partial charge >= 0.3 is 23.9 Å². The number of aliphatic hydroxyl groups is 2. The number of β-amino-alcohol motifs (C(OH)–C–C–N with tert-alkyl or cyclic N) is 1. The molecule has 0 spiro atoms. The molecule has 1 atom stereocenters. The molecule has 0 aromatic heterocycles. The Kier molecular flexibility index (Phi) is 10.3. The number of nitro benzene ring substituents is 1. The van der Waals surface area contributed by atoms with Crippen LogP contribution in [0.4, 0.5) is 5.69 Å². The van der Waals surface area contributed by atoms with Crippen LogP contribution in [0.15, 0.2) is 46.8 Å². The number of nitrogens with zero attached hydrogens (tertiary/aromatic N) is 2. The number of hydrogen-bond donors (Lipinski definition) is 7. The van der Waals surface area contributed by atoms with Crippen LogP contribution < -0.4 is 5.32 Å². The van der Waals surface area contributed by atoms with Gasteiger partial charge in [-0.3, -0.25) is 29.3 Å². The van der Waals surface area contributed by atoms with Crippen molar-refractivity contribution in [1.82, 2.24) is 10.2 Å². The van der Waals surface area contributed by atoms with Gasteiger partial charge in [-0.25, -0.2) is 0 Å². The fraction of sp³-hybridized carbons (Fsp3) is 0.417. The van der Waals surface area contributed by atoms with E-state index in [1.54, 1.807) is 0 Å². The summed E-state index contributed by atoms with van der Waals surface area (Å²) in [5.41, 5.74) is -1.42. The van der Waals surface area contributed by atoms with Crippen LogP contribution in [0.5, 0.6) is 0 Å². The quantitative estimate of drug-likeness (QED) is 0.0699. The number of carboxylic acids is 4. The van der Waals surface area contributed by atoms with Crippen LogP contribution in [0, 0.1) is 22.0 Å². The Morgan fingerprint density at radius 1 is 0.974 bits per heavy atom. The molecule has 15 heteroatoms. The van der Waals surface area contributed by atoms with Crippen molar-refractivity contribution in [2.24, 2.45) is 11.8 Å². The molecule has 1 aromatic rings. The standard InChI is InChI=1S/C24H29N3O12/c1-11-16(19(21(30)31)22(32)33)18(13-4-3-5-14(8-13)27(38)39)17(20(23(34)35)24(36)37)12(2)26(11)10-15(29)9-25-6-7-28/h3-5,8,15,18-20,25,28-29H,6-7,9-10H2,1-2H3,(H,30,31)(H,32,33)(H,34,35)(H,36,37). The molecule has 39 heavy (non-hydrogen) atoms. The van der Waals surface area contributed by atoms with E-state index in [0.29, 0.717) is 0 Å². The van der Waals surface area contributed by atoms with Crippen LogP contribution in [-0.2, 0) is 19.2 Å². The summed E-state index contributed by atoms with van der Waals surface area (Å²) < 4.78 is 0. The van der Waals surface area contributed by atoms with Crippen LogP contribution in [0.2, 0.25) is 0 Å². The molecular weight excluding hydrogens is 522 g/mol. The molecule has 0 fully saturated rings. The number of aliphatic hydroxyl groups excluding tert-OH is 2. The van der Waals surface area contributed by atoms with Gasteiger partial charge in [0.1, 0.15) is 0 Å². The molecular formula is C24H29N3O12. The second-order valence-electron chi connectivity index (χ2n) is 8.78. The average Bonchev–Trinajstić information content (AvgIpc) is 2.84. The summed E-state index contributed by atoms with van der Waals surface area (Å²) in [6.45, 7) is 2.17. The molecule has 7 N–H and O–H groups in total. The number of non-ortho nitro benzene ring substituents is 1. The van der Waals surface area contributed by atoms with Crippen molar-refractivity contribution in [3.05, 3.63) is 62.5 Å². The van der Waals surface area contributed by atoms with Crippen molar-refractivity contribution < 1.29 is 54.7 Å². The molecule has 212 valence electrons. The average molecular weight is 552 g/mol. The first-order valence-electron chi connectivity index (χ1n) is 11.6. The molecule has 1 aliphatic heterocycles. The molecule has 0 radical (unpaired) electrons. The first kappa shape index (κ1) is 30.9. The number of hydrogen-bond acceptors (Lipinski definition) is 10. The number of nitro groups is 1. The summed E-state index contributed by atoms with van der Waals surface area (Å²) >= 11 is 0. The number of aliphatic carboxylic acids is 4. The van der Waals surface area contributed by atoms with Crippen LogP contribution in [0.25, 0.3) is 0 Å². The molecule has 2 rings (SSSR count). The zero-order valence-corrected chi connectivity index (χ0v) is 21.0. The highest BCUT2D eigenvalue weighted by Gasteiger charge is 2.47. The maximum absolute atomic E-state index is 12.2. The van der Waals surface area contributed by atoms with Gasteiger partial charge in [0.2, 0.25) is 0 Å². The van der Waals surface area contributed by atoms with Gasteiger partial charge in [0.05, 0.1) is 17.6 Å². The smallest absolute Gasteiger partial charge is 0.322 e. The SMILES string of the molecule is CC1=C(C(C(=O)O)C(=O)O)C(c2cccc([N+](=O)[O-])c2)C(C(C(=O)O)C(=O)O)=C(C)N1CC(O)CNCCO. The third-order valence-electron chi connectivity index (χ3n) is 6.35. The van der Waals surface area contributed by atoms with Gasteiger partial charge in [-0.1, -0.05) is 12.1 Å². The maximum atomic E-state index is 12.2.